The van der Waals surface area contributed by atoms with Crippen LogP contribution in [0.1, 0.15) is 13.3 Å². The summed E-state index contributed by atoms with van der Waals surface area (Å²) in [5.74, 6) is 0. The fourth-order valence-corrected chi connectivity index (χ4v) is 1.40. The van der Waals surface area contributed by atoms with Crippen LogP contribution in [0.15, 0.2) is 0 Å². The van der Waals surface area contributed by atoms with Gasteiger partial charge in [-0.25, -0.2) is 0 Å². The number of aliphatic hydroxyl groups is 2. The molecule has 0 aromatic rings. The lowest BCUT2D eigenvalue weighted by molar-refractivity contribution is 0.0878. The summed E-state index contributed by atoms with van der Waals surface area (Å²) >= 11 is 0. The molecule has 1 rings (SSSR count). The van der Waals surface area contributed by atoms with Crippen LogP contribution in [0.4, 0.5) is 0 Å². The summed E-state index contributed by atoms with van der Waals surface area (Å²) in [6.07, 6.45) is 0.438. The number of hydrogen-bond acceptors (Lipinski definition) is 4. The molecule has 1 aliphatic rings. The minimum absolute atomic E-state index is 0.0934. The molecule has 0 spiro atoms. The Labute approximate surface area is 73.0 Å². The maximum Gasteiger partial charge on any atom is 0.0895 e. The first-order valence-electron chi connectivity index (χ1n) is 4.41. The van der Waals surface area contributed by atoms with Crippen molar-refractivity contribution in [1.82, 2.24) is 10.6 Å². The van der Waals surface area contributed by atoms with Crippen LogP contribution in [-0.2, 0) is 0 Å². The van der Waals surface area contributed by atoms with E-state index >= 15 is 0 Å². The number of β-amino-alcohol motifs (C(OH)–C–C–N with tert-alkyl or cyclic N) is 1. The minimum atomic E-state index is -0.637. The standard InChI is InChI=1S/C8H18N2O2/c1-8(2-3-9-6-8)10-4-7(12)5-11/h7,9-12H,2-6H2,1H3. The molecule has 0 bridgehead atoms. The third-order valence-corrected chi connectivity index (χ3v) is 2.34. The van der Waals surface area contributed by atoms with Crippen LogP contribution in [0, 0.1) is 0 Å². The van der Waals surface area contributed by atoms with E-state index in [2.05, 4.69) is 17.6 Å². The van der Waals surface area contributed by atoms with Gasteiger partial charge in [-0.05, 0) is 19.9 Å². The van der Waals surface area contributed by atoms with Gasteiger partial charge in [0, 0.05) is 18.6 Å². The first-order valence-corrected chi connectivity index (χ1v) is 4.41. The highest BCUT2D eigenvalue weighted by molar-refractivity contribution is 4.91. The molecule has 1 aliphatic heterocycles. The van der Waals surface area contributed by atoms with Crippen molar-refractivity contribution in [1.29, 1.82) is 0 Å². The third-order valence-electron chi connectivity index (χ3n) is 2.34. The first kappa shape index (κ1) is 9.92. The molecule has 1 saturated heterocycles. The predicted octanol–water partition coefficient (Wildman–Crippen LogP) is -1.32. The SMILES string of the molecule is CC1(NCC(O)CO)CCNC1. The summed E-state index contributed by atoms with van der Waals surface area (Å²) in [6.45, 7) is 4.38. The molecular formula is C8H18N2O2. The van der Waals surface area contributed by atoms with Gasteiger partial charge in [-0.2, -0.15) is 0 Å². The van der Waals surface area contributed by atoms with E-state index in [0.717, 1.165) is 19.5 Å². The molecule has 0 saturated carbocycles. The summed E-state index contributed by atoms with van der Waals surface area (Å²) in [5.41, 5.74) is 0.0934. The zero-order valence-electron chi connectivity index (χ0n) is 7.51. The van der Waals surface area contributed by atoms with Crippen LogP contribution < -0.4 is 10.6 Å². The molecule has 72 valence electrons. The van der Waals surface area contributed by atoms with E-state index in [1.54, 1.807) is 0 Å². The maximum atomic E-state index is 9.10. The van der Waals surface area contributed by atoms with Crippen molar-refractivity contribution in [2.75, 3.05) is 26.2 Å². The first-order chi connectivity index (χ1) is 5.66. The number of rotatable bonds is 4. The van der Waals surface area contributed by atoms with E-state index < -0.39 is 6.10 Å². The largest absolute Gasteiger partial charge is 0.394 e. The molecule has 0 aromatic carbocycles. The van der Waals surface area contributed by atoms with Gasteiger partial charge in [0.2, 0.25) is 0 Å². The Morgan fingerprint density at radius 2 is 2.42 bits per heavy atom. The summed E-state index contributed by atoms with van der Waals surface area (Å²) in [5, 5.41) is 24.2. The highest BCUT2D eigenvalue weighted by Gasteiger charge is 2.27. The van der Waals surface area contributed by atoms with E-state index in [1.165, 1.54) is 0 Å². The lowest BCUT2D eigenvalue weighted by atomic mass is 10.0. The smallest absolute Gasteiger partial charge is 0.0895 e. The van der Waals surface area contributed by atoms with Gasteiger partial charge in [0.05, 0.1) is 12.7 Å². The van der Waals surface area contributed by atoms with Crippen LogP contribution in [0.3, 0.4) is 0 Å². The fraction of sp³-hybridized carbons (Fsp3) is 1.00. The van der Waals surface area contributed by atoms with Gasteiger partial charge in [0.25, 0.3) is 0 Å². The van der Waals surface area contributed by atoms with Crippen LogP contribution in [0.5, 0.6) is 0 Å². The molecule has 1 fully saturated rings. The molecule has 2 unspecified atom stereocenters. The van der Waals surface area contributed by atoms with E-state index in [4.69, 9.17) is 10.2 Å². The number of nitrogens with one attached hydrogen (secondary N) is 2. The van der Waals surface area contributed by atoms with Crippen molar-refractivity contribution < 1.29 is 10.2 Å². The highest BCUT2D eigenvalue weighted by atomic mass is 16.3. The molecule has 0 aromatic heterocycles. The van der Waals surface area contributed by atoms with Gasteiger partial charge in [-0.1, -0.05) is 0 Å². The van der Waals surface area contributed by atoms with Gasteiger partial charge >= 0.3 is 0 Å². The normalized spacial score (nSPS) is 32.2. The second-order valence-corrected chi connectivity index (χ2v) is 3.70. The predicted molar refractivity (Wildman–Crippen MR) is 47.0 cm³/mol. The molecule has 0 amide bonds. The number of aliphatic hydroxyl groups excluding tert-OH is 2. The average molecular weight is 174 g/mol. The van der Waals surface area contributed by atoms with Gasteiger partial charge in [0.1, 0.15) is 0 Å². The average Bonchev–Trinajstić information content (AvgIpc) is 2.49. The summed E-state index contributed by atoms with van der Waals surface area (Å²) in [6, 6.07) is 0. The van der Waals surface area contributed by atoms with E-state index in [0.29, 0.717) is 6.54 Å². The van der Waals surface area contributed by atoms with Crippen molar-refractivity contribution in [2.24, 2.45) is 0 Å². The Bertz CT molecular complexity index is 135. The monoisotopic (exact) mass is 174 g/mol. The molecule has 4 heteroatoms. The van der Waals surface area contributed by atoms with E-state index in [1.807, 2.05) is 0 Å². The zero-order valence-corrected chi connectivity index (χ0v) is 7.51. The van der Waals surface area contributed by atoms with Crippen LogP contribution >= 0.6 is 0 Å². The quantitative estimate of drug-likeness (QED) is 0.427. The Balaban J connectivity index is 2.21. The fourth-order valence-electron chi connectivity index (χ4n) is 1.40. The van der Waals surface area contributed by atoms with Crippen LogP contribution in [-0.4, -0.2) is 48.1 Å². The molecule has 0 aliphatic carbocycles. The molecular weight excluding hydrogens is 156 g/mol. The Morgan fingerprint density at radius 3 is 2.92 bits per heavy atom. The Kier molecular flexibility index (Phi) is 3.46. The second-order valence-electron chi connectivity index (χ2n) is 3.70. The maximum absolute atomic E-state index is 9.10. The lowest BCUT2D eigenvalue weighted by Crippen LogP contribution is -2.47. The Hall–Kier alpha value is -0.160. The zero-order chi connectivity index (χ0) is 9.03. The third kappa shape index (κ3) is 2.71. The topological polar surface area (TPSA) is 64.5 Å². The molecule has 12 heavy (non-hydrogen) atoms. The van der Waals surface area contributed by atoms with E-state index in [-0.39, 0.29) is 12.1 Å². The Morgan fingerprint density at radius 1 is 1.67 bits per heavy atom. The molecule has 0 radical (unpaired) electrons. The summed E-state index contributed by atoms with van der Waals surface area (Å²) in [4.78, 5) is 0. The summed E-state index contributed by atoms with van der Waals surface area (Å²) in [7, 11) is 0. The van der Waals surface area contributed by atoms with Crippen LogP contribution in [0.25, 0.3) is 0 Å². The lowest BCUT2D eigenvalue weighted by Gasteiger charge is -2.25. The minimum Gasteiger partial charge on any atom is -0.394 e. The van der Waals surface area contributed by atoms with Gasteiger partial charge in [-0.3, -0.25) is 0 Å². The second kappa shape index (κ2) is 4.18. The summed E-state index contributed by atoms with van der Waals surface area (Å²) < 4.78 is 0. The van der Waals surface area contributed by atoms with Crippen molar-refractivity contribution >= 4 is 0 Å². The van der Waals surface area contributed by atoms with Crippen LogP contribution in [0.2, 0.25) is 0 Å². The highest BCUT2D eigenvalue weighted by Crippen LogP contribution is 2.12. The molecule has 2 atom stereocenters. The van der Waals surface area contributed by atoms with Gasteiger partial charge < -0.3 is 20.8 Å². The number of hydrogen-bond donors (Lipinski definition) is 4. The van der Waals surface area contributed by atoms with Gasteiger partial charge in [-0.15, -0.1) is 0 Å². The molecule has 4 nitrogen and oxygen atoms in total. The van der Waals surface area contributed by atoms with Crippen molar-refractivity contribution in [3.8, 4) is 0 Å². The van der Waals surface area contributed by atoms with Crippen molar-refractivity contribution in [2.45, 2.75) is 25.0 Å². The van der Waals surface area contributed by atoms with E-state index in [9.17, 15) is 0 Å². The van der Waals surface area contributed by atoms with Crippen molar-refractivity contribution in [3.63, 3.8) is 0 Å². The van der Waals surface area contributed by atoms with Gasteiger partial charge in [0.15, 0.2) is 0 Å². The molecule has 4 N–H and O–H groups in total. The van der Waals surface area contributed by atoms with Crippen molar-refractivity contribution in [3.05, 3.63) is 0 Å². The molecule has 1 heterocycles.